The van der Waals surface area contributed by atoms with Crippen LogP contribution in [0, 0.1) is 11.3 Å². The third-order valence-corrected chi connectivity index (χ3v) is 10.00. The van der Waals surface area contributed by atoms with Gasteiger partial charge in [0.25, 0.3) is 0 Å². The van der Waals surface area contributed by atoms with Gasteiger partial charge < -0.3 is 4.57 Å². The molecule has 0 unspecified atom stereocenters. The number of nitriles is 1. The summed E-state index contributed by atoms with van der Waals surface area (Å²) in [4.78, 5) is 10.1. The summed E-state index contributed by atoms with van der Waals surface area (Å²) >= 11 is 0. The largest absolute Gasteiger partial charge is 0.309 e. The fourth-order valence-corrected chi connectivity index (χ4v) is 7.70. The number of hydrogen-bond acceptors (Lipinski definition) is 3. The van der Waals surface area contributed by atoms with Crippen molar-refractivity contribution >= 4 is 43.7 Å². The maximum absolute atomic E-state index is 10.7. The molecule has 0 radical (unpaired) electrons. The molecule has 5 heteroatoms. The van der Waals surface area contributed by atoms with Gasteiger partial charge in [-0.25, -0.2) is 9.97 Å². The van der Waals surface area contributed by atoms with Gasteiger partial charge in [-0.3, -0.25) is 4.57 Å². The van der Waals surface area contributed by atoms with E-state index >= 15 is 0 Å². The Balaban J connectivity index is 1.24. The number of para-hydroxylation sites is 2. The van der Waals surface area contributed by atoms with Crippen LogP contribution in [0.1, 0.15) is 5.56 Å². The van der Waals surface area contributed by atoms with Gasteiger partial charge in [0.05, 0.1) is 39.6 Å². The van der Waals surface area contributed by atoms with E-state index in [0.29, 0.717) is 5.56 Å². The Morgan fingerprint density at radius 2 is 1.17 bits per heavy atom. The molecule has 10 aromatic rings. The summed E-state index contributed by atoms with van der Waals surface area (Å²) in [5.74, 6) is 0. The zero-order valence-corrected chi connectivity index (χ0v) is 28.0. The van der Waals surface area contributed by atoms with Gasteiger partial charge in [0.2, 0.25) is 0 Å². The Morgan fingerprint density at radius 1 is 0.481 bits per heavy atom. The Kier molecular flexibility index (Phi) is 6.80. The Bertz CT molecular complexity index is 2950. The van der Waals surface area contributed by atoms with Crippen molar-refractivity contribution in [2.24, 2.45) is 0 Å². The van der Waals surface area contributed by atoms with E-state index in [9.17, 15) is 5.26 Å². The molecule has 242 valence electrons. The van der Waals surface area contributed by atoms with Crippen LogP contribution in [0.5, 0.6) is 0 Å². The molecule has 0 aliphatic rings. The van der Waals surface area contributed by atoms with Crippen LogP contribution in [-0.4, -0.2) is 19.1 Å². The summed E-state index contributed by atoms with van der Waals surface area (Å²) in [5.41, 5.74) is 12.2. The maximum Gasteiger partial charge on any atom is 0.145 e. The number of aromatic nitrogens is 4. The third kappa shape index (κ3) is 4.63. The molecular formula is C47H29N5. The molecule has 0 amide bonds. The highest BCUT2D eigenvalue weighted by molar-refractivity contribution is 6.25. The summed E-state index contributed by atoms with van der Waals surface area (Å²) in [7, 11) is 0. The van der Waals surface area contributed by atoms with E-state index in [4.69, 9.17) is 9.97 Å². The lowest BCUT2D eigenvalue weighted by molar-refractivity contribution is 1.14. The van der Waals surface area contributed by atoms with Crippen LogP contribution in [-0.2, 0) is 0 Å². The molecule has 4 aromatic heterocycles. The quantitative estimate of drug-likeness (QED) is 0.184. The van der Waals surface area contributed by atoms with E-state index < -0.39 is 0 Å². The molecule has 10 rings (SSSR count). The standard InChI is InChI=1S/C47H29N5/c48-30-34-27-36(22-23-37(34)42-29-33(31-13-4-1-5-14-31)28-41(50-42)32-15-6-2-7-16-32)52-46-38(39-20-12-26-49-47(39)52)24-25-44-45(46)40-19-10-11-21-43(40)51(44)35-17-8-3-9-18-35/h1-29H. The fraction of sp³-hybridized carbons (Fsp3) is 0. The molecule has 0 atom stereocenters. The summed E-state index contributed by atoms with van der Waals surface area (Å²) in [6.07, 6.45) is 1.84. The van der Waals surface area contributed by atoms with Gasteiger partial charge in [0.15, 0.2) is 0 Å². The molecule has 0 fully saturated rings. The van der Waals surface area contributed by atoms with Crippen molar-refractivity contribution in [1.82, 2.24) is 19.1 Å². The van der Waals surface area contributed by atoms with Crippen LogP contribution in [0.15, 0.2) is 176 Å². The first-order valence-electron chi connectivity index (χ1n) is 17.3. The lowest BCUT2D eigenvalue weighted by Gasteiger charge is -2.13. The molecule has 0 saturated carbocycles. The van der Waals surface area contributed by atoms with Gasteiger partial charge >= 0.3 is 0 Å². The van der Waals surface area contributed by atoms with E-state index in [1.54, 1.807) is 0 Å². The molecule has 0 bridgehead atoms. The van der Waals surface area contributed by atoms with Crippen LogP contribution in [0.2, 0.25) is 0 Å². The molecule has 0 saturated heterocycles. The summed E-state index contributed by atoms with van der Waals surface area (Å²) < 4.78 is 4.56. The Hall–Kier alpha value is -7.29. The van der Waals surface area contributed by atoms with Gasteiger partial charge in [-0.1, -0.05) is 103 Å². The number of nitrogens with zero attached hydrogens (tertiary/aromatic N) is 5. The molecule has 4 heterocycles. The second kappa shape index (κ2) is 11.9. The first kappa shape index (κ1) is 29.6. The summed E-state index contributed by atoms with van der Waals surface area (Å²) in [5, 5.41) is 15.2. The molecule has 0 spiro atoms. The van der Waals surface area contributed by atoms with E-state index in [-0.39, 0.29) is 0 Å². The van der Waals surface area contributed by atoms with Crippen molar-refractivity contribution in [2.45, 2.75) is 0 Å². The molecule has 0 aliphatic carbocycles. The predicted molar refractivity (Wildman–Crippen MR) is 212 cm³/mol. The maximum atomic E-state index is 10.7. The molecule has 6 aromatic carbocycles. The van der Waals surface area contributed by atoms with Crippen molar-refractivity contribution in [3.05, 3.63) is 182 Å². The first-order valence-corrected chi connectivity index (χ1v) is 17.3. The van der Waals surface area contributed by atoms with Crippen molar-refractivity contribution < 1.29 is 0 Å². The van der Waals surface area contributed by atoms with E-state index in [1.165, 1.54) is 0 Å². The second-order valence-corrected chi connectivity index (χ2v) is 13.0. The number of hydrogen-bond donors (Lipinski definition) is 0. The Labute approximate surface area is 299 Å². The van der Waals surface area contributed by atoms with E-state index in [2.05, 4.69) is 124 Å². The van der Waals surface area contributed by atoms with Crippen LogP contribution in [0.25, 0.3) is 88.8 Å². The fourth-order valence-electron chi connectivity index (χ4n) is 7.70. The zero-order chi connectivity index (χ0) is 34.6. The minimum absolute atomic E-state index is 0.541. The molecule has 52 heavy (non-hydrogen) atoms. The van der Waals surface area contributed by atoms with Crippen LogP contribution >= 0.6 is 0 Å². The molecule has 5 nitrogen and oxygen atoms in total. The first-order chi connectivity index (χ1) is 25.8. The van der Waals surface area contributed by atoms with Crippen LogP contribution < -0.4 is 0 Å². The van der Waals surface area contributed by atoms with E-state index in [1.807, 2.05) is 66.9 Å². The number of rotatable bonds is 5. The number of pyridine rings is 2. The number of fused-ring (bicyclic) bond motifs is 7. The lowest BCUT2D eigenvalue weighted by atomic mass is 9.98. The average molecular weight is 664 g/mol. The highest BCUT2D eigenvalue weighted by Crippen LogP contribution is 2.42. The topological polar surface area (TPSA) is 59.4 Å². The normalized spacial score (nSPS) is 11.4. The van der Waals surface area contributed by atoms with Crippen LogP contribution in [0.3, 0.4) is 0 Å². The van der Waals surface area contributed by atoms with Gasteiger partial charge in [0, 0.05) is 50.2 Å². The summed E-state index contributed by atoms with van der Waals surface area (Å²) in [6.45, 7) is 0. The molecular weight excluding hydrogens is 635 g/mol. The van der Waals surface area contributed by atoms with Crippen molar-refractivity contribution in [2.75, 3.05) is 0 Å². The van der Waals surface area contributed by atoms with Gasteiger partial charge in [-0.05, 0) is 77.9 Å². The van der Waals surface area contributed by atoms with Crippen molar-refractivity contribution in [1.29, 1.82) is 5.26 Å². The SMILES string of the molecule is N#Cc1cc(-n2c3ncccc3c3ccc4c(c5ccccc5n4-c4ccccc4)c32)ccc1-c1cc(-c2ccccc2)cc(-c2ccccc2)n1. The minimum Gasteiger partial charge on any atom is -0.309 e. The second-order valence-electron chi connectivity index (χ2n) is 13.0. The summed E-state index contributed by atoms with van der Waals surface area (Å²) in [6, 6.07) is 61.0. The molecule has 0 N–H and O–H groups in total. The smallest absolute Gasteiger partial charge is 0.145 e. The highest BCUT2D eigenvalue weighted by atomic mass is 15.1. The molecule has 0 aliphatic heterocycles. The van der Waals surface area contributed by atoms with Gasteiger partial charge in [0.1, 0.15) is 5.65 Å². The minimum atomic E-state index is 0.541. The Morgan fingerprint density at radius 3 is 1.96 bits per heavy atom. The zero-order valence-electron chi connectivity index (χ0n) is 28.0. The number of benzene rings is 6. The lowest BCUT2D eigenvalue weighted by Crippen LogP contribution is -1.99. The van der Waals surface area contributed by atoms with Crippen LogP contribution in [0.4, 0.5) is 0 Å². The monoisotopic (exact) mass is 663 g/mol. The van der Waals surface area contributed by atoms with Crippen molar-refractivity contribution in [3.8, 4) is 51.1 Å². The third-order valence-electron chi connectivity index (χ3n) is 10.00. The van der Waals surface area contributed by atoms with Gasteiger partial charge in [-0.15, -0.1) is 0 Å². The van der Waals surface area contributed by atoms with Gasteiger partial charge in [-0.2, -0.15) is 5.26 Å². The van der Waals surface area contributed by atoms with E-state index in [0.717, 1.165) is 88.8 Å². The van der Waals surface area contributed by atoms with Crippen molar-refractivity contribution in [3.63, 3.8) is 0 Å². The average Bonchev–Trinajstić information content (AvgIpc) is 3.74. The predicted octanol–water partition coefficient (Wildman–Crippen LogP) is 11.5. The highest BCUT2D eigenvalue weighted by Gasteiger charge is 2.22.